The highest BCUT2D eigenvalue weighted by Crippen LogP contribution is 2.13. The largest absolute Gasteiger partial charge is 0.385 e. The normalized spacial score (nSPS) is 10.7. The summed E-state index contributed by atoms with van der Waals surface area (Å²) in [5, 5.41) is 3.24. The van der Waals surface area contributed by atoms with Crippen molar-refractivity contribution in [1.29, 1.82) is 0 Å². The molecule has 0 aliphatic heterocycles. The van der Waals surface area contributed by atoms with Crippen LogP contribution in [-0.4, -0.2) is 6.54 Å². The molecule has 1 aromatic carbocycles. The van der Waals surface area contributed by atoms with E-state index in [1.54, 1.807) is 12.1 Å². The molecule has 0 bridgehead atoms. The molecular formula is C13H20FN. The lowest BCUT2D eigenvalue weighted by Gasteiger charge is -2.08. The third kappa shape index (κ3) is 4.82. The Kier molecular flexibility index (Phi) is 4.60. The van der Waals surface area contributed by atoms with Crippen LogP contribution < -0.4 is 5.32 Å². The van der Waals surface area contributed by atoms with Crippen LogP contribution >= 0.6 is 0 Å². The number of nitrogens with one attached hydrogen (secondary N) is 1. The van der Waals surface area contributed by atoms with Crippen molar-refractivity contribution in [3.05, 3.63) is 29.6 Å². The average molecular weight is 209 g/mol. The number of hydrogen-bond donors (Lipinski definition) is 1. The van der Waals surface area contributed by atoms with Crippen LogP contribution in [0.25, 0.3) is 0 Å². The van der Waals surface area contributed by atoms with Crippen molar-refractivity contribution >= 4 is 5.69 Å². The molecular weight excluding hydrogens is 189 g/mol. The van der Waals surface area contributed by atoms with Crippen LogP contribution in [0.4, 0.5) is 10.1 Å². The molecule has 0 atom stereocenters. The molecule has 1 rings (SSSR count). The van der Waals surface area contributed by atoms with Gasteiger partial charge in [0.05, 0.1) is 0 Å². The molecule has 1 aromatic rings. The third-order valence-corrected chi connectivity index (χ3v) is 2.33. The average Bonchev–Trinajstić information content (AvgIpc) is 2.10. The lowest BCUT2D eigenvalue weighted by molar-refractivity contribution is 0.567. The van der Waals surface area contributed by atoms with Crippen LogP contribution in [0.2, 0.25) is 0 Å². The molecule has 2 heteroatoms. The fraction of sp³-hybridized carbons (Fsp3) is 0.538. The van der Waals surface area contributed by atoms with E-state index in [0.29, 0.717) is 0 Å². The van der Waals surface area contributed by atoms with E-state index in [2.05, 4.69) is 19.2 Å². The maximum absolute atomic E-state index is 13.0. The molecule has 0 fully saturated rings. The predicted octanol–water partition coefficient (Wildman–Crippen LogP) is 3.98. The number of anilines is 1. The van der Waals surface area contributed by atoms with Gasteiger partial charge in [0.1, 0.15) is 5.82 Å². The minimum atomic E-state index is -0.165. The molecule has 0 aromatic heterocycles. The zero-order valence-corrected chi connectivity index (χ0v) is 9.81. The van der Waals surface area contributed by atoms with E-state index < -0.39 is 0 Å². The maximum Gasteiger partial charge on any atom is 0.125 e. The van der Waals surface area contributed by atoms with Gasteiger partial charge in [0.2, 0.25) is 0 Å². The summed E-state index contributed by atoms with van der Waals surface area (Å²) in [7, 11) is 0. The van der Waals surface area contributed by atoms with E-state index in [9.17, 15) is 4.39 Å². The highest BCUT2D eigenvalue weighted by molar-refractivity contribution is 5.45. The van der Waals surface area contributed by atoms with Crippen LogP contribution in [0, 0.1) is 18.7 Å². The van der Waals surface area contributed by atoms with Gasteiger partial charge in [0.15, 0.2) is 0 Å². The Morgan fingerprint density at radius 3 is 2.60 bits per heavy atom. The third-order valence-electron chi connectivity index (χ3n) is 2.33. The summed E-state index contributed by atoms with van der Waals surface area (Å²) in [6.45, 7) is 7.25. The lowest BCUT2D eigenvalue weighted by Crippen LogP contribution is -2.03. The second-order valence-corrected chi connectivity index (χ2v) is 4.48. The van der Waals surface area contributed by atoms with Gasteiger partial charge in [-0.1, -0.05) is 13.8 Å². The van der Waals surface area contributed by atoms with Gasteiger partial charge in [-0.15, -0.1) is 0 Å². The molecule has 0 aliphatic rings. The Morgan fingerprint density at radius 2 is 2.00 bits per heavy atom. The number of aryl methyl sites for hydroxylation is 1. The molecule has 1 nitrogen and oxygen atoms in total. The summed E-state index contributed by atoms with van der Waals surface area (Å²) < 4.78 is 13.0. The fourth-order valence-electron chi connectivity index (χ4n) is 1.58. The van der Waals surface area contributed by atoms with E-state index >= 15 is 0 Å². The lowest BCUT2D eigenvalue weighted by atomic mass is 10.1. The van der Waals surface area contributed by atoms with Crippen molar-refractivity contribution in [2.45, 2.75) is 33.6 Å². The molecule has 0 amide bonds. The van der Waals surface area contributed by atoms with Gasteiger partial charge in [-0.05, 0) is 49.4 Å². The number of rotatable bonds is 5. The first-order valence-electron chi connectivity index (χ1n) is 5.59. The smallest absolute Gasteiger partial charge is 0.125 e. The summed E-state index contributed by atoms with van der Waals surface area (Å²) in [6, 6.07) is 5.06. The Labute approximate surface area is 91.7 Å². The summed E-state index contributed by atoms with van der Waals surface area (Å²) in [5.41, 5.74) is 1.85. The van der Waals surface area contributed by atoms with E-state index in [1.807, 2.05) is 13.0 Å². The van der Waals surface area contributed by atoms with Crippen LogP contribution in [0.5, 0.6) is 0 Å². The van der Waals surface area contributed by atoms with Crippen LogP contribution in [-0.2, 0) is 0 Å². The zero-order chi connectivity index (χ0) is 11.3. The van der Waals surface area contributed by atoms with Gasteiger partial charge in [-0.25, -0.2) is 4.39 Å². The predicted molar refractivity (Wildman–Crippen MR) is 63.7 cm³/mol. The second kappa shape index (κ2) is 5.74. The fourth-order valence-corrected chi connectivity index (χ4v) is 1.58. The van der Waals surface area contributed by atoms with Crippen molar-refractivity contribution in [3.63, 3.8) is 0 Å². The molecule has 0 unspecified atom stereocenters. The van der Waals surface area contributed by atoms with Crippen molar-refractivity contribution in [3.8, 4) is 0 Å². The zero-order valence-electron chi connectivity index (χ0n) is 9.81. The molecule has 0 saturated heterocycles. The molecule has 0 aliphatic carbocycles. The summed E-state index contributed by atoms with van der Waals surface area (Å²) in [4.78, 5) is 0. The highest BCUT2D eigenvalue weighted by atomic mass is 19.1. The first kappa shape index (κ1) is 12.0. The van der Waals surface area contributed by atoms with E-state index in [4.69, 9.17) is 0 Å². The minimum absolute atomic E-state index is 0.165. The SMILES string of the molecule is Cc1cc(F)cc(NCCCC(C)C)c1. The maximum atomic E-state index is 13.0. The first-order valence-corrected chi connectivity index (χ1v) is 5.59. The Balaban J connectivity index is 2.37. The van der Waals surface area contributed by atoms with Gasteiger partial charge < -0.3 is 5.32 Å². The first-order chi connectivity index (χ1) is 7.08. The Morgan fingerprint density at radius 1 is 1.27 bits per heavy atom. The van der Waals surface area contributed by atoms with E-state index in [0.717, 1.165) is 30.1 Å². The molecule has 0 saturated carbocycles. The number of hydrogen-bond acceptors (Lipinski definition) is 1. The topological polar surface area (TPSA) is 12.0 Å². The van der Waals surface area contributed by atoms with Gasteiger partial charge in [0.25, 0.3) is 0 Å². The van der Waals surface area contributed by atoms with Crippen LogP contribution in [0.1, 0.15) is 32.3 Å². The number of benzene rings is 1. The minimum Gasteiger partial charge on any atom is -0.385 e. The van der Waals surface area contributed by atoms with Crippen molar-refractivity contribution in [1.82, 2.24) is 0 Å². The van der Waals surface area contributed by atoms with Gasteiger partial charge >= 0.3 is 0 Å². The molecule has 15 heavy (non-hydrogen) atoms. The van der Waals surface area contributed by atoms with Crippen molar-refractivity contribution < 1.29 is 4.39 Å². The standard InChI is InChI=1S/C13H20FN/c1-10(2)5-4-6-15-13-8-11(3)7-12(14)9-13/h7-10,15H,4-6H2,1-3H3. The number of halogens is 1. The van der Waals surface area contributed by atoms with Gasteiger partial charge in [-0.3, -0.25) is 0 Å². The Bertz CT molecular complexity index is 287. The van der Waals surface area contributed by atoms with E-state index in [-0.39, 0.29) is 5.82 Å². The molecule has 0 spiro atoms. The van der Waals surface area contributed by atoms with Crippen LogP contribution in [0.15, 0.2) is 18.2 Å². The summed E-state index contributed by atoms with van der Waals surface area (Å²) in [5.74, 6) is 0.572. The quantitative estimate of drug-likeness (QED) is 0.723. The molecule has 1 N–H and O–H groups in total. The molecule has 0 radical (unpaired) electrons. The van der Waals surface area contributed by atoms with Crippen molar-refractivity contribution in [2.24, 2.45) is 5.92 Å². The van der Waals surface area contributed by atoms with Gasteiger partial charge in [-0.2, -0.15) is 0 Å². The van der Waals surface area contributed by atoms with Crippen molar-refractivity contribution in [2.75, 3.05) is 11.9 Å². The van der Waals surface area contributed by atoms with E-state index in [1.165, 1.54) is 6.42 Å². The monoisotopic (exact) mass is 209 g/mol. The van der Waals surface area contributed by atoms with Gasteiger partial charge in [0, 0.05) is 12.2 Å². The summed E-state index contributed by atoms with van der Waals surface area (Å²) >= 11 is 0. The molecule has 84 valence electrons. The van der Waals surface area contributed by atoms with Crippen LogP contribution in [0.3, 0.4) is 0 Å². The second-order valence-electron chi connectivity index (χ2n) is 4.48. The highest BCUT2D eigenvalue weighted by Gasteiger charge is 1.98. The molecule has 0 heterocycles. The Hall–Kier alpha value is -1.05. The summed E-state index contributed by atoms with van der Waals surface area (Å²) in [6.07, 6.45) is 2.34.